The van der Waals surface area contributed by atoms with Gasteiger partial charge in [0.05, 0.1) is 0 Å². The van der Waals surface area contributed by atoms with Crippen molar-refractivity contribution in [1.82, 2.24) is 21.3 Å². The molecule has 0 aromatic carbocycles. The summed E-state index contributed by atoms with van der Waals surface area (Å²) in [6.45, 7) is 11.1. The van der Waals surface area contributed by atoms with Crippen LogP contribution in [0.25, 0.3) is 0 Å². The fraction of sp³-hybridized carbons (Fsp3) is 1.00. The zero-order chi connectivity index (χ0) is 17.8. The number of unbranched alkanes of at least 4 members (excludes halogenated alkanes) is 9. The lowest BCUT2D eigenvalue weighted by molar-refractivity contribution is 0.399. The molecular weight excluding hydrogens is 308 g/mol. The number of hydrogen-bond donors (Lipinski definition) is 4. The summed E-state index contributed by atoms with van der Waals surface area (Å²) in [4.78, 5) is 0. The second-order valence-corrected chi connectivity index (χ2v) is 7.74. The second-order valence-electron chi connectivity index (χ2n) is 7.74. The molecule has 4 nitrogen and oxygen atoms in total. The Hall–Kier alpha value is -0.160. The summed E-state index contributed by atoms with van der Waals surface area (Å²) in [5.41, 5.74) is 0. The van der Waals surface area contributed by atoms with E-state index in [2.05, 4.69) is 28.2 Å². The monoisotopic (exact) mass is 354 g/mol. The molecule has 25 heavy (non-hydrogen) atoms. The molecule has 1 rings (SSSR count). The molecule has 0 spiro atoms. The molecule has 0 aliphatic carbocycles. The topological polar surface area (TPSA) is 48.1 Å². The molecule has 0 atom stereocenters. The summed E-state index contributed by atoms with van der Waals surface area (Å²) >= 11 is 0. The van der Waals surface area contributed by atoms with Gasteiger partial charge < -0.3 is 21.3 Å². The minimum atomic E-state index is 0.787. The molecule has 0 unspecified atom stereocenters. The van der Waals surface area contributed by atoms with Gasteiger partial charge in [-0.25, -0.2) is 0 Å². The van der Waals surface area contributed by atoms with Crippen LogP contribution in [0.1, 0.15) is 77.6 Å². The maximum Gasteiger partial charge on any atom is 0.00772 e. The van der Waals surface area contributed by atoms with E-state index in [9.17, 15) is 0 Å². The molecule has 1 heterocycles. The van der Waals surface area contributed by atoms with Crippen LogP contribution in [0.3, 0.4) is 0 Å². The first-order chi connectivity index (χ1) is 12.4. The van der Waals surface area contributed by atoms with Crippen molar-refractivity contribution in [3.63, 3.8) is 0 Å². The summed E-state index contributed by atoms with van der Waals surface area (Å²) in [5.74, 6) is 0.787. The first kappa shape index (κ1) is 22.9. The largest absolute Gasteiger partial charge is 0.315 e. The minimum Gasteiger partial charge on any atom is -0.315 e. The van der Waals surface area contributed by atoms with E-state index in [0.717, 1.165) is 45.2 Å². The lowest BCUT2D eigenvalue weighted by Gasteiger charge is -2.18. The highest BCUT2D eigenvalue weighted by atomic mass is 15.0. The fourth-order valence-electron chi connectivity index (χ4n) is 3.59. The van der Waals surface area contributed by atoms with Crippen LogP contribution >= 0.6 is 0 Å². The van der Waals surface area contributed by atoms with Gasteiger partial charge in [-0.15, -0.1) is 0 Å². The highest BCUT2D eigenvalue weighted by Crippen LogP contribution is 2.13. The molecular formula is C21H46N4. The van der Waals surface area contributed by atoms with Crippen LogP contribution < -0.4 is 21.3 Å². The Kier molecular flexibility index (Phi) is 17.0. The normalized spacial score (nSPS) is 19.1. The minimum absolute atomic E-state index is 0.787. The van der Waals surface area contributed by atoms with Gasteiger partial charge in [0.25, 0.3) is 0 Å². The molecule has 0 saturated carbocycles. The van der Waals surface area contributed by atoms with Crippen LogP contribution in [-0.4, -0.2) is 52.4 Å². The Morgan fingerprint density at radius 3 is 1.40 bits per heavy atom. The first-order valence-corrected chi connectivity index (χ1v) is 11.3. The van der Waals surface area contributed by atoms with Crippen molar-refractivity contribution < 1.29 is 0 Å². The molecule has 0 bridgehead atoms. The summed E-state index contributed by atoms with van der Waals surface area (Å²) < 4.78 is 0. The van der Waals surface area contributed by atoms with Crippen LogP contribution in [0, 0.1) is 5.92 Å². The summed E-state index contributed by atoms with van der Waals surface area (Å²) in [5, 5.41) is 14.2. The van der Waals surface area contributed by atoms with Crippen molar-refractivity contribution in [1.29, 1.82) is 0 Å². The molecule has 1 aliphatic rings. The van der Waals surface area contributed by atoms with Crippen LogP contribution in [0.15, 0.2) is 0 Å². The van der Waals surface area contributed by atoms with Gasteiger partial charge in [-0.1, -0.05) is 71.1 Å². The zero-order valence-electron chi connectivity index (χ0n) is 17.0. The fourth-order valence-corrected chi connectivity index (χ4v) is 3.59. The summed E-state index contributed by atoms with van der Waals surface area (Å²) in [6.07, 6.45) is 15.7. The van der Waals surface area contributed by atoms with Gasteiger partial charge in [-0.05, 0) is 25.4 Å². The molecule has 1 fully saturated rings. The maximum atomic E-state index is 3.64. The Bertz CT molecular complexity index is 246. The average molecular weight is 355 g/mol. The Balaban J connectivity index is 1.99. The first-order valence-electron chi connectivity index (χ1n) is 11.3. The van der Waals surface area contributed by atoms with Crippen LogP contribution in [0.4, 0.5) is 0 Å². The van der Waals surface area contributed by atoms with Gasteiger partial charge >= 0.3 is 0 Å². The highest BCUT2D eigenvalue weighted by Gasteiger charge is 2.08. The van der Waals surface area contributed by atoms with Crippen molar-refractivity contribution in [2.45, 2.75) is 77.6 Å². The van der Waals surface area contributed by atoms with Crippen molar-refractivity contribution in [3.05, 3.63) is 0 Å². The third-order valence-electron chi connectivity index (χ3n) is 5.27. The maximum absolute atomic E-state index is 3.64. The smallest absolute Gasteiger partial charge is 0.00772 e. The molecule has 4 N–H and O–H groups in total. The summed E-state index contributed by atoms with van der Waals surface area (Å²) in [7, 11) is 0. The molecule has 0 amide bonds. The van der Waals surface area contributed by atoms with E-state index in [-0.39, 0.29) is 0 Å². The van der Waals surface area contributed by atoms with E-state index in [1.54, 1.807) is 0 Å². The summed E-state index contributed by atoms with van der Waals surface area (Å²) in [6, 6.07) is 0. The van der Waals surface area contributed by atoms with Crippen molar-refractivity contribution in [2.75, 3.05) is 52.4 Å². The Morgan fingerprint density at radius 2 is 0.920 bits per heavy atom. The zero-order valence-corrected chi connectivity index (χ0v) is 17.0. The highest BCUT2D eigenvalue weighted by molar-refractivity contribution is 4.68. The Morgan fingerprint density at radius 1 is 0.520 bits per heavy atom. The second kappa shape index (κ2) is 18.6. The number of rotatable bonds is 11. The van der Waals surface area contributed by atoms with E-state index in [4.69, 9.17) is 0 Å². The van der Waals surface area contributed by atoms with Gasteiger partial charge in [0.2, 0.25) is 0 Å². The van der Waals surface area contributed by atoms with Gasteiger partial charge in [0.15, 0.2) is 0 Å². The average Bonchev–Trinajstić information content (AvgIpc) is 2.65. The quantitative estimate of drug-likeness (QED) is 0.430. The van der Waals surface area contributed by atoms with Crippen LogP contribution in [0.2, 0.25) is 0 Å². The predicted molar refractivity (Wildman–Crippen MR) is 111 cm³/mol. The SMILES string of the molecule is CCCCCCCCCCCCC1CNCCNCCNCCNC1. The number of hydrogen-bond acceptors (Lipinski definition) is 4. The number of nitrogens with one attached hydrogen (secondary N) is 4. The van der Waals surface area contributed by atoms with E-state index < -0.39 is 0 Å². The standard InChI is InChI=1S/C21H46N4/c1-2-3-4-5-6-7-8-9-10-11-12-21-19-24-17-15-22-13-14-23-16-18-25-20-21/h21-25H,2-20H2,1H3. The third kappa shape index (κ3) is 15.8. The van der Waals surface area contributed by atoms with Crippen molar-refractivity contribution in [2.24, 2.45) is 5.92 Å². The van der Waals surface area contributed by atoms with E-state index >= 15 is 0 Å². The molecule has 0 aromatic rings. The molecule has 150 valence electrons. The molecule has 1 saturated heterocycles. The van der Waals surface area contributed by atoms with Gasteiger partial charge in [0.1, 0.15) is 0 Å². The molecule has 0 radical (unpaired) electrons. The van der Waals surface area contributed by atoms with E-state index in [1.165, 1.54) is 83.7 Å². The molecule has 0 aromatic heterocycles. The van der Waals surface area contributed by atoms with E-state index in [1.807, 2.05) is 0 Å². The molecule has 1 aliphatic heterocycles. The van der Waals surface area contributed by atoms with Crippen molar-refractivity contribution in [3.8, 4) is 0 Å². The predicted octanol–water partition coefficient (Wildman–Crippen LogP) is 3.29. The van der Waals surface area contributed by atoms with Crippen LogP contribution in [0.5, 0.6) is 0 Å². The lowest BCUT2D eigenvalue weighted by Crippen LogP contribution is -2.35. The van der Waals surface area contributed by atoms with E-state index in [0.29, 0.717) is 0 Å². The van der Waals surface area contributed by atoms with Gasteiger partial charge in [-0.3, -0.25) is 0 Å². The molecule has 4 heteroatoms. The third-order valence-corrected chi connectivity index (χ3v) is 5.27. The van der Waals surface area contributed by atoms with Gasteiger partial charge in [-0.2, -0.15) is 0 Å². The lowest BCUT2D eigenvalue weighted by atomic mass is 9.99. The van der Waals surface area contributed by atoms with Crippen molar-refractivity contribution >= 4 is 0 Å². The Labute approximate surface area is 157 Å². The van der Waals surface area contributed by atoms with Gasteiger partial charge in [0, 0.05) is 39.3 Å². The van der Waals surface area contributed by atoms with Crippen LogP contribution in [-0.2, 0) is 0 Å².